The molecule has 0 radical (unpaired) electrons. The number of nitrogens with one attached hydrogen (secondary N) is 2. The zero-order valence-corrected chi connectivity index (χ0v) is 19.6. The summed E-state index contributed by atoms with van der Waals surface area (Å²) in [6.07, 6.45) is -1.22. The molecular weight excluding hydrogens is 468 g/mol. The van der Waals surface area contributed by atoms with Crippen molar-refractivity contribution in [3.05, 3.63) is 58.6 Å². The van der Waals surface area contributed by atoms with Crippen LogP contribution in [-0.2, 0) is 20.9 Å². The number of hydrazine groups is 1. The summed E-state index contributed by atoms with van der Waals surface area (Å²) in [5, 5.41) is 13.9. The number of anilines is 1. The SMILES string of the molecule is CC(=O)N(NCc1ccccc1Cl)[C@H](COC(=O)Nc1nc2ccc(C)cc2s1)CC(=O)O. The van der Waals surface area contributed by atoms with Crippen molar-refractivity contribution in [3.63, 3.8) is 0 Å². The molecule has 0 aliphatic rings. The third kappa shape index (κ3) is 6.88. The molecule has 0 aliphatic heterocycles. The number of amides is 2. The Morgan fingerprint density at radius 1 is 1.24 bits per heavy atom. The Morgan fingerprint density at radius 3 is 2.70 bits per heavy atom. The van der Waals surface area contributed by atoms with Gasteiger partial charge in [-0.2, -0.15) is 0 Å². The number of aromatic nitrogens is 1. The monoisotopic (exact) mass is 490 g/mol. The highest BCUT2D eigenvalue weighted by molar-refractivity contribution is 7.22. The van der Waals surface area contributed by atoms with E-state index in [1.807, 2.05) is 25.1 Å². The summed E-state index contributed by atoms with van der Waals surface area (Å²) in [5.74, 6) is -1.57. The Labute approximate surface area is 199 Å². The van der Waals surface area contributed by atoms with Gasteiger partial charge in [0.2, 0.25) is 5.91 Å². The number of nitrogens with zero attached hydrogens (tertiary/aromatic N) is 2. The molecule has 0 saturated carbocycles. The van der Waals surface area contributed by atoms with E-state index in [2.05, 4.69) is 15.7 Å². The second kappa shape index (κ2) is 11.1. The molecule has 1 atom stereocenters. The van der Waals surface area contributed by atoms with Gasteiger partial charge in [0.05, 0.1) is 22.7 Å². The van der Waals surface area contributed by atoms with Gasteiger partial charge in [-0.25, -0.2) is 15.2 Å². The normalized spacial score (nSPS) is 11.7. The molecule has 0 saturated heterocycles. The zero-order valence-electron chi connectivity index (χ0n) is 18.0. The van der Waals surface area contributed by atoms with Crippen molar-refractivity contribution in [1.82, 2.24) is 15.4 Å². The van der Waals surface area contributed by atoms with E-state index in [9.17, 15) is 19.5 Å². The van der Waals surface area contributed by atoms with Gasteiger partial charge in [0, 0.05) is 18.5 Å². The Bertz CT molecular complexity index is 1170. The van der Waals surface area contributed by atoms with Gasteiger partial charge in [0.1, 0.15) is 6.61 Å². The van der Waals surface area contributed by atoms with E-state index in [4.69, 9.17) is 16.3 Å². The van der Waals surface area contributed by atoms with Gasteiger partial charge in [-0.3, -0.25) is 19.9 Å². The largest absolute Gasteiger partial charge is 0.481 e. The number of carboxylic acids is 1. The van der Waals surface area contributed by atoms with Gasteiger partial charge in [-0.15, -0.1) is 0 Å². The van der Waals surface area contributed by atoms with Crippen molar-refractivity contribution >= 4 is 56.3 Å². The van der Waals surface area contributed by atoms with Gasteiger partial charge in [0.25, 0.3) is 0 Å². The number of fused-ring (bicyclic) bond motifs is 1. The lowest BCUT2D eigenvalue weighted by Gasteiger charge is -2.30. The Balaban J connectivity index is 1.64. The number of benzene rings is 2. The van der Waals surface area contributed by atoms with Crippen molar-refractivity contribution < 1.29 is 24.2 Å². The van der Waals surface area contributed by atoms with E-state index >= 15 is 0 Å². The number of thiazole rings is 1. The minimum atomic E-state index is -1.14. The fourth-order valence-electron chi connectivity index (χ4n) is 3.12. The van der Waals surface area contributed by atoms with Crippen LogP contribution in [-0.4, -0.2) is 45.7 Å². The van der Waals surface area contributed by atoms with Gasteiger partial charge < -0.3 is 9.84 Å². The number of ether oxygens (including phenoxy) is 1. The molecule has 1 aromatic heterocycles. The van der Waals surface area contributed by atoms with E-state index in [1.165, 1.54) is 18.3 Å². The standard InChI is InChI=1S/C22H23ClN4O5S/c1-13-7-8-18-19(9-13)33-21(25-18)26-22(31)32-12-16(10-20(29)30)27(14(2)28)24-11-15-5-3-4-6-17(15)23/h3-9,16,24H,10-12H2,1-2H3,(H,29,30)(H,25,26,31)/t16-/m0/s1. The number of rotatable bonds is 9. The summed E-state index contributed by atoms with van der Waals surface area (Å²) in [6, 6.07) is 11.9. The molecule has 2 amide bonds. The van der Waals surface area contributed by atoms with Gasteiger partial charge in [0.15, 0.2) is 5.13 Å². The maximum absolute atomic E-state index is 12.3. The summed E-state index contributed by atoms with van der Waals surface area (Å²) in [5.41, 5.74) is 5.44. The number of carboxylic acid groups (broad SMARTS) is 1. The summed E-state index contributed by atoms with van der Waals surface area (Å²) < 4.78 is 6.15. The average Bonchev–Trinajstić information content (AvgIpc) is 3.13. The number of hydrogen-bond donors (Lipinski definition) is 3. The van der Waals surface area contributed by atoms with Crippen LogP contribution in [0, 0.1) is 6.92 Å². The van der Waals surface area contributed by atoms with Crippen LogP contribution >= 0.6 is 22.9 Å². The first kappa shape index (κ1) is 24.4. The summed E-state index contributed by atoms with van der Waals surface area (Å²) in [4.78, 5) is 40.2. The number of carbonyl (C=O) groups excluding carboxylic acids is 2. The number of aliphatic carboxylic acids is 1. The lowest BCUT2D eigenvalue weighted by atomic mass is 10.2. The first-order chi connectivity index (χ1) is 15.7. The molecule has 9 nitrogen and oxygen atoms in total. The molecule has 1 heterocycles. The Morgan fingerprint density at radius 2 is 2.00 bits per heavy atom. The van der Waals surface area contributed by atoms with Crippen molar-refractivity contribution in [2.24, 2.45) is 0 Å². The van der Waals surface area contributed by atoms with E-state index in [0.717, 1.165) is 26.4 Å². The fraction of sp³-hybridized carbons (Fsp3) is 0.273. The Hall–Kier alpha value is -3.21. The van der Waals surface area contributed by atoms with Gasteiger partial charge >= 0.3 is 12.1 Å². The van der Waals surface area contributed by atoms with Gasteiger partial charge in [-0.05, 0) is 36.2 Å². The smallest absolute Gasteiger partial charge is 0.413 e. The van der Waals surface area contributed by atoms with Crippen molar-refractivity contribution in [2.45, 2.75) is 32.9 Å². The molecule has 174 valence electrons. The third-order valence-electron chi connectivity index (χ3n) is 4.67. The van der Waals surface area contributed by atoms with Gasteiger partial charge in [-0.1, -0.05) is 47.2 Å². The van der Waals surface area contributed by atoms with E-state index in [1.54, 1.807) is 24.3 Å². The summed E-state index contributed by atoms with van der Waals surface area (Å²) >= 11 is 7.45. The van der Waals surface area contributed by atoms with E-state index in [-0.39, 0.29) is 13.2 Å². The number of halogens is 1. The maximum Gasteiger partial charge on any atom is 0.413 e. The molecule has 33 heavy (non-hydrogen) atoms. The molecule has 0 aliphatic carbocycles. The lowest BCUT2D eigenvalue weighted by molar-refractivity contribution is -0.143. The maximum atomic E-state index is 12.3. The molecule has 3 N–H and O–H groups in total. The summed E-state index contributed by atoms with van der Waals surface area (Å²) in [6.45, 7) is 3.10. The highest BCUT2D eigenvalue weighted by atomic mass is 35.5. The lowest BCUT2D eigenvalue weighted by Crippen LogP contribution is -2.51. The van der Waals surface area contributed by atoms with Crippen molar-refractivity contribution in [2.75, 3.05) is 11.9 Å². The second-order valence-corrected chi connectivity index (χ2v) is 8.72. The minimum absolute atomic E-state index is 0.187. The minimum Gasteiger partial charge on any atom is -0.481 e. The predicted molar refractivity (Wildman–Crippen MR) is 126 cm³/mol. The molecule has 2 aromatic carbocycles. The van der Waals surface area contributed by atoms with Crippen LogP contribution in [0.3, 0.4) is 0 Å². The fourth-order valence-corrected chi connectivity index (χ4v) is 4.27. The molecule has 3 aromatic rings. The van der Waals surface area contributed by atoms with Crippen LogP contribution in [0.1, 0.15) is 24.5 Å². The van der Waals surface area contributed by atoms with Crippen LogP contribution in [0.4, 0.5) is 9.93 Å². The highest BCUT2D eigenvalue weighted by Gasteiger charge is 2.26. The van der Waals surface area contributed by atoms with E-state index < -0.39 is 30.4 Å². The summed E-state index contributed by atoms with van der Waals surface area (Å²) in [7, 11) is 0. The van der Waals surface area contributed by atoms with E-state index in [0.29, 0.717) is 10.2 Å². The first-order valence-corrected chi connectivity index (χ1v) is 11.2. The topological polar surface area (TPSA) is 121 Å². The average molecular weight is 491 g/mol. The highest BCUT2D eigenvalue weighted by Crippen LogP contribution is 2.26. The first-order valence-electron chi connectivity index (χ1n) is 10.0. The quantitative estimate of drug-likeness (QED) is 0.384. The molecule has 0 fully saturated rings. The third-order valence-corrected chi connectivity index (χ3v) is 5.97. The molecule has 3 rings (SSSR count). The van der Waals surface area contributed by atoms with Crippen LogP contribution < -0.4 is 10.7 Å². The second-order valence-electron chi connectivity index (χ2n) is 7.28. The van der Waals surface area contributed by atoms with Crippen LogP contribution in [0.15, 0.2) is 42.5 Å². The van der Waals surface area contributed by atoms with Crippen molar-refractivity contribution in [3.8, 4) is 0 Å². The van der Waals surface area contributed by atoms with Crippen LogP contribution in [0.5, 0.6) is 0 Å². The Kier molecular flexibility index (Phi) is 8.21. The molecule has 0 unspecified atom stereocenters. The van der Waals surface area contributed by atoms with Crippen molar-refractivity contribution in [1.29, 1.82) is 0 Å². The molecule has 0 bridgehead atoms. The molecule has 11 heteroatoms. The van der Waals surface area contributed by atoms with Crippen LogP contribution in [0.2, 0.25) is 5.02 Å². The zero-order chi connectivity index (χ0) is 24.0. The molecular formula is C22H23ClN4O5S. The molecule has 0 spiro atoms. The number of hydrogen-bond acceptors (Lipinski definition) is 7. The number of carbonyl (C=O) groups is 3. The predicted octanol–water partition coefficient (Wildman–Crippen LogP) is 4.20. The number of aryl methyl sites for hydroxylation is 1. The van der Waals surface area contributed by atoms with Crippen LogP contribution in [0.25, 0.3) is 10.2 Å².